The third kappa shape index (κ3) is 144. The van der Waals surface area contributed by atoms with Gasteiger partial charge in [0.2, 0.25) is 0 Å². The van der Waals surface area contributed by atoms with Crippen LogP contribution in [0.2, 0.25) is 0 Å². The predicted octanol–water partition coefficient (Wildman–Crippen LogP) is 8.60. The summed E-state index contributed by atoms with van der Waals surface area (Å²) in [5, 5.41) is 0. The molecular weight excluding hydrogens is 216 g/mol. The van der Waals surface area contributed by atoms with Crippen molar-refractivity contribution in [1.29, 1.82) is 0 Å². The third-order valence-electron chi connectivity index (χ3n) is 1.77. The van der Waals surface area contributed by atoms with Crippen molar-refractivity contribution in [1.82, 2.24) is 0 Å². The number of hydrogen-bond donors (Lipinski definition) is 0. The maximum Gasteiger partial charge on any atom is -0.0474 e. The van der Waals surface area contributed by atoms with Gasteiger partial charge >= 0.3 is 0 Å². The lowest BCUT2D eigenvalue weighted by atomic mass is 10.2. The minimum absolute atomic E-state index is 0. The molecule has 0 unspecified atom stereocenters. The fraction of sp³-hybridized carbons (Fsp3) is 1.00. The molecule has 0 spiro atoms. The van der Waals surface area contributed by atoms with Crippen molar-refractivity contribution in [2.75, 3.05) is 0 Å². The normalized spacial score (nSPS) is 6.67. The zero-order valence-corrected chi connectivity index (χ0v) is 11.8. The highest BCUT2D eigenvalue weighted by atomic mass is 13.9. The van der Waals surface area contributed by atoms with E-state index in [-0.39, 0.29) is 29.7 Å². The first-order valence-electron chi connectivity index (χ1n) is 6.60. The molecule has 0 nitrogen and oxygen atoms in total. The van der Waals surface area contributed by atoms with Gasteiger partial charge in [-0.2, -0.15) is 0 Å². The molecule has 0 amide bonds. The first kappa shape index (κ1) is 43.0. The number of unbranched alkanes of at least 4 members (excludes halogenated alkanes) is 3. The Bertz CT molecular complexity index is 51.1. The van der Waals surface area contributed by atoms with Gasteiger partial charge in [-0.3, -0.25) is 0 Å². The molecule has 0 N–H and O–H groups in total. The van der Waals surface area contributed by atoms with Crippen LogP contribution < -0.4 is 0 Å². The van der Waals surface area contributed by atoms with Gasteiger partial charge in [-0.25, -0.2) is 0 Å². The lowest BCUT2D eigenvalue weighted by Crippen LogP contribution is -1.77. The summed E-state index contributed by atoms with van der Waals surface area (Å²) in [7, 11) is 0. The standard InChI is InChI=1S/C6H14.C5H12.C3H8.4CH4/c1-3-5-6-4-2;1-4-5(2)3;1-3-2;;;;/h3-6H2,1-2H3;5H,4H2,1-3H3;3H2,1-2H3;4*1H4. The summed E-state index contributed by atoms with van der Waals surface area (Å²) in [6, 6.07) is 0. The highest BCUT2D eigenvalue weighted by Crippen LogP contribution is 1.95. The Morgan fingerprint density at radius 2 is 0.778 bits per heavy atom. The van der Waals surface area contributed by atoms with E-state index in [1.165, 1.54) is 38.5 Å². The van der Waals surface area contributed by atoms with E-state index < -0.39 is 0 Å². The second-order valence-electron chi connectivity index (χ2n) is 4.22. The average Bonchev–Trinajstić information content (AvgIpc) is 2.17. The van der Waals surface area contributed by atoms with Crippen molar-refractivity contribution < 1.29 is 0 Å². The fourth-order valence-corrected chi connectivity index (χ4v) is 0.500. The zero-order valence-electron chi connectivity index (χ0n) is 11.8. The van der Waals surface area contributed by atoms with Crippen molar-refractivity contribution in [2.24, 2.45) is 5.92 Å². The van der Waals surface area contributed by atoms with Crippen LogP contribution >= 0.6 is 0 Å². The molecule has 0 rings (SSSR count). The maximum absolute atomic E-state index is 2.23. The van der Waals surface area contributed by atoms with Crippen molar-refractivity contribution in [2.45, 2.75) is 117 Å². The molecule has 18 heavy (non-hydrogen) atoms. The second kappa shape index (κ2) is 53.7. The molecule has 0 radical (unpaired) electrons. The van der Waals surface area contributed by atoms with Gasteiger partial charge in [0, 0.05) is 0 Å². The monoisotopic (exact) mass is 266 g/mol. The average molecular weight is 267 g/mol. The van der Waals surface area contributed by atoms with Crippen LogP contribution in [0, 0.1) is 5.92 Å². The van der Waals surface area contributed by atoms with Gasteiger partial charge in [-0.15, -0.1) is 0 Å². The van der Waals surface area contributed by atoms with E-state index in [0.29, 0.717) is 0 Å². The van der Waals surface area contributed by atoms with Gasteiger partial charge in [0.15, 0.2) is 0 Å². The lowest BCUT2D eigenvalue weighted by Gasteiger charge is -1.90. The Hall–Kier alpha value is 0. The van der Waals surface area contributed by atoms with E-state index >= 15 is 0 Å². The molecule has 0 aromatic rings. The summed E-state index contributed by atoms with van der Waals surface area (Å²) < 4.78 is 0. The van der Waals surface area contributed by atoms with Crippen LogP contribution in [0.1, 0.15) is 117 Å². The van der Waals surface area contributed by atoms with E-state index in [1.54, 1.807) is 0 Å². The Morgan fingerprint density at radius 3 is 0.833 bits per heavy atom. The summed E-state index contributed by atoms with van der Waals surface area (Å²) in [5.41, 5.74) is 0. The van der Waals surface area contributed by atoms with Crippen LogP contribution in [-0.4, -0.2) is 0 Å². The first-order valence-corrected chi connectivity index (χ1v) is 6.60. The molecule has 0 atom stereocenters. The molecule has 122 valence electrons. The molecule has 0 saturated heterocycles. The minimum atomic E-state index is 0. The lowest BCUT2D eigenvalue weighted by molar-refractivity contribution is 0.626. The minimum Gasteiger partial charge on any atom is -0.0776 e. The molecule has 0 bridgehead atoms. The van der Waals surface area contributed by atoms with Gasteiger partial charge < -0.3 is 0 Å². The largest absolute Gasteiger partial charge is 0.0776 e. The summed E-state index contributed by atoms with van der Waals surface area (Å²) in [6.45, 7) is 15.4. The van der Waals surface area contributed by atoms with E-state index in [9.17, 15) is 0 Å². The number of hydrogen-bond acceptors (Lipinski definition) is 0. The highest BCUT2D eigenvalue weighted by molar-refractivity contribution is 4.32. The van der Waals surface area contributed by atoms with Gasteiger partial charge in [0.1, 0.15) is 0 Å². The highest BCUT2D eigenvalue weighted by Gasteiger charge is 1.80. The molecule has 0 heteroatoms. The van der Waals surface area contributed by atoms with Crippen LogP contribution in [-0.2, 0) is 0 Å². The molecule has 0 aliphatic heterocycles. The Labute approximate surface area is 123 Å². The maximum atomic E-state index is 2.23. The van der Waals surface area contributed by atoms with E-state index in [2.05, 4.69) is 48.5 Å². The molecule has 0 aromatic carbocycles. The van der Waals surface area contributed by atoms with E-state index in [4.69, 9.17) is 0 Å². The molecule has 0 aromatic heterocycles. The quantitative estimate of drug-likeness (QED) is 0.447. The van der Waals surface area contributed by atoms with Crippen LogP contribution in [0.15, 0.2) is 0 Å². The van der Waals surface area contributed by atoms with Gasteiger partial charge in [-0.1, -0.05) is 117 Å². The SMILES string of the molecule is C.C.C.C.CCC.CCC(C)C.CCCCCC. The Balaban J connectivity index is -0.0000000189. The molecule has 0 fully saturated rings. The van der Waals surface area contributed by atoms with Gasteiger partial charge in [0.05, 0.1) is 0 Å². The van der Waals surface area contributed by atoms with Crippen molar-refractivity contribution >= 4 is 0 Å². The smallest absolute Gasteiger partial charge is 0.0474 e. The molecule has 0 aliphatic carbocycles. The molecule has 0 aliphatic rings. The Kier molecular flexibility index (Phi) is 128. The summed E-state index contributed by atoms with van der Waals surface area (Å²) >= 11 is 0. The van der Waals surface area contributed by atoms with Gasteiger partial charge in [-0.05, 0) is 5.92 Å². The summed E-state index contributed by atoms with van der Waals surface area (Å²) in [4.78, 5) is 0. The van der Waals surface area contributed by atoms with Crippen LogP contribution in [0.3, 0.4) is 0 Å². The van der Waals surface area contributed by atoms with Gasteiger partial charge in [0.25, 0.3) is 0 Å². The number of rotatable bonds is 4. The topological polar surface area (TPSA) is 0 Å². The van der Waals surface area contributed by atoms with Crippen molar-refractivity contribution in [3.8, 4) is 0 Å². The first-order chi connectivity index (χ1) is 6.60. The van der Waals surface area contributed by atoms with Crippen molar-refractivity contribution in [3.05, 3.63) is 0 Å². The van der Waals surface area contributed by atoms with E-state index in [1.807, 2.05) is 0 Å². The molecule has 0 saturated carbocycles. The predicted molar refractivity (Wildman–Crippen MR) is 97.8 cm³/mol. The van der Waals surface area contributed by atoms with Crippen molar-refractivity contribution in [3.63, 3.8) is 0 Å². The van der Waals surface area contributed by atoms with E-state index in [0.717, 1.165) is 5.92 Å². The van der Waals surface area contributed by atoms with Crippen LogP contribution in [0.25, 0.3) is 0 Å². The fourth-order valence-electron chi connectivity index (χ4n) is 0.500. The summed E-state index contributed by atoms with van der Waals surface area (Å²) in [6.07, 6.45) is 8.09. The van der Waals surface area contributed by atoms with Crippen LogP contribution in [0.5, 0.6) is 0 Å². The molecular formula is C18H50. The third-order valence-corrected chi connectivity index (χ3v) is 1.77. The zero-order chi connectivity index (χ0) is 11.8. The summed E-state index contributed by atoms with van der Waals surface area (Å²) in [5.74, 6) is 0.884. The van der Waals surface area contributed by atoms with Crippen LogP contribution in [0.4, 0.5) is 0 Å². The molecule has 0 heterocycles. The second-order valence-corrected chi connectivity index (χ2v) is 4.22. The Morgan fingerprint density at radius 1 is 0.611 bits per heavy atom.